The summed E-state index contributed by atoms with van der Waals surface area (Å²) in [5, 5.41) is 0. The minimum atomic E-state index is 1.07. The highest BCUT2D eigenvalue weighted by Gasteiger charge is 2.07. The molecule has 1 aromatic carbocycles. The SMILES string of the molecule is CCc1ccccc1-[n+]1ccn(C)c1. The normalized spacial score (nSPS) is 10.4. The molecule has 0 aliphatic carbocycles. The molecule has 2 nitrogen and oxygen atoms in total. The summed E-state index contributed by atoms with van der Waals surface area (Å²) < 4.78 is 4.20. The summed E-state index contributed by atoms with van der Waals surface area (Å²) >= 11 is 0. The van der Waals surface area contributed by atoms with Gasteiger partial charge in [-0.15, -0.1) is 0 Å². The fraction of sp³-hybridized carbons (Fsp3) is 0.250. The standard InChI is InChI=1S/C12H15N2/c1-3-11-6-4-5-7-12(11)14-9-8-13(2)10-14/h4-10H,3H2,1-2H3/q+1. The molecule has 1 heterocycles. The third kappa shape index (κ3) is 1.55. The average molecular weight is 187 g/mol. The smallest absolute Gasteiger partial charge is 0.239 e. The molecule has 0 radical (unpaired) electrons. The van der Waals surface area contributed by atoms with Gasteiger partial charge in [-0.25, -0.2) is 9.13 Å². The van der Waals surface area contributed by atoms with Crippen LogP contribution in [0.15, 0.2) is 43.0 Å². The maximum atomic E-state index is 2.18. The van der Waals surface area contributed by atoms with Gasteiger partial charge in [-0.1, -0.05) is 25.1 Å². The van der Waals surface area contributed by atoms with Crippen LogP contribution in [0.5, 0.6) is 0 Å². The summed E-state index contributed by atoms with van der Waals surface area (Å²) in [6, 6.07) is 8.49. The fourth-order valence-corrected chi connectivity index (χ4v) is 1.65. The molecular weight excluding hydrogens is 172 g/mol. The van der Waals surface area contributed by atoms with Gasteiger partial charge >= 0.3 is 0 Å². The van der Waals surface area contributed by atoms with Crippen molar-refractivity contribution in [3.05, 3.63) is 48.5 Å². The Morgan fingerprint density at radius 2 is 2.07 bits per heavy atom. The molecule has 2 rings (SSSR count). The molecule has 0 fully saturated rings. The minimum Gasteiger partial charge on any atom is -0.239 e. The molecule has 0 amide bonds. The van der Waals surface area contributed by atoms with Crippen molar-refractivity contribution in [2.24, 2.45) is 7.05 Å². The first-order valence-electron chi connectivity index (χ1n) is 4.92. The van der Waals surface area contributed by atoms with Gasteiger partial charge in [0.1, 0.15) is 18.1 Å². The van der Waals surface area contributed by atoms with Crippen molar-refractivity contribution in [1.82, 2.24) is 4.57 Å². The zero-order chi connectivity index (χ0) is 9.97. The zero-order valence-corrected chi connectivity index (χ0v) is 8.64. The number of para-hydroxylation sites is 1. The maximum Gasteiger partial charge on any atom is 0.248 e. The van der Waals surface area contributed by atoms with E-state index < -0.39 is 0 Å². The number of benzene rings is 1. The second kappa shape index (κ2) is 3.66. The first-order valence-corrected chi connectivity index (χ1v) is 4.92. The second-order valence-electron chi connectivity index (χ2n) is 3.47. The van der Waals surface area contributed by atoms with Crippen molar-refractivity contribution < 1.29 is 4.57 Å². The average Bonchev–Trinajstić information content (AvgIpc) is 2.65. The van der Waals surface area contributed by atoms with Gasteiger partial charge in [0.25, 0.3) is 0 Å². The Morgan fingerprint density at radius 3 is 2.71 bits per heavy atom. The molecule has 0 saturated carbocycles. The number of aromatic nitrogens is 2. The van der Waals surface area contributed by atoms with Gasteiger partial charge in [0.15, 0.2) is 0 Å². The largest absolute Gasteiger partial charge is 0.248 e. The molecule has 0 aliphatic rings. The summed E-state index contributed by atoms with van der Waals surface area (Å²) in [5.41, 5.74) is 2.65. The molecule has 72 valence electrons. The van der Waals surface area contributed by atoms with E-state index in [9.17, 15) is 0 Å². The number of hydrogen-bond donors (Lipinski definition) is 0. The molecule has 0 bridgehead atoms. The van der Waals surface area contributed by atoms with E-state index in [-0.39, 0.29) is 0 Å². The van der Waals surface area contributed by atoms with E-state index in [1.807, 2.05) is 17.8 Å². The maximum absolute atomic E-state index is 2.18. The lowest BCUT2D eigenvalue weighted by molar-refractivity contribution is -0.595. The van der Waals surface area contributed by atoms with Crippen LogP contribution in [0.1, 0.15) is 12.5 Å². The van der Waals surface area contributed by atoms with Crippen molar-refractivity contribution >= 4 is 0 Å². The van der Waals surface area contributed by atoms with Crippen molar-refractivity contribution in [1.29, 1.82) is 0 Å². The monoisotopic (exact) mass is 187 g/mol. The Bertz CT molecular complexity index is 429. The predicted octanol–water partition coefficient (Wildman–Crippen LogP) is 1.86. The third-order valence-electron chi connectivity index (χ3n) is 2.42. The molecule has 0 spiro atoms. The summed E-state index contributed by atoms with van der Waals surface area (Å²) in [4.78, 5) is 0. The Labute approximate surface area is 84.4 Å². The zero-order valence-electron chi connectivity index (χ0n) is 8.64. The summed E-state index contributed by atoms with van der Waals surface area (Å²) in [5.74, 6) is 0. The van der Waals surface area contributed by atoms with E-state index in [4.69, 9.17) is 0 Å². The van der Waals surface area contributed by atoms with Crippen LogP contribution in [0.2, 0.25) is 0 Å². The van der Waals surface area contributed by atoms with Crippen molar-refractivity contribution in [3.63, 3.8) is 0 Å². The van der Waals surface area contributed by atoms with Gasteiger partial charge in [0.05, 0.1) is 7.05 Å². The summed E-state index contributed by atoms with van der Waals surface area (Å²) in [6.45, 7) is 2.18. The Hall–Kier alpha value is -1.57. The number of rotatable bonds is 2. The van der Waals surface area contributed by atoms with Gasteiger partial charge in [0.2, 0.25) is 6.33 Å². The predicted molar refractivity (Wildman–Crippen MR) is 56.3 cm³/mol. The van der Waals surface area contributed by atoms with E-state index >= 15 is 0 Å². The Balaban J connectivity index is 2.50. The molecule has 0 unspecified atom stereocenters. The number of aryl methyl sites for hydroxylation is 2. The molecule has 2 aromatic rings. The highest BCUT2D eigenvalue weighted by molar-refractivity contribution is 5.33. The van der Waals surface area contributed by atoms with Crippen LogP contribution in [0.4, 0.5) is 0 Å². The second-order valence-corrected chi connectivity index (χ2v) is 3.47. The molecule has 1 aromatic heterocycles. The molecule has 0 atom stereocenters. The molecular formula is C12H15N2+. The highest BCUT2D eigenvalue weighted by atomic mass is 15.1. The lowest BCUT2D eigenvalue weighted by Gasteiger charge is -2.01. The Kier molecular flexibility index (Phi) is 2.35. The third-order valence-corrected chi connectivity index (χ3v) is 2.42. The van der Waals surface area contributed by atoms with Crippen molar-refractivity contribution in [2.45, 2.75) is 13.3 Å². The van der Waals surface area contributed by atoms with Crippen LogP contribution in [0, 0.1) is 0 Å². The van der Waals surface area contributed by atoms with E-state index in [2.05, 4.69) is 48.3 Å². The molecule has 0 aliphatic heterocycles. The topological polar surface area (TPSA) is 8.81 Å². The van der Waals surface area contributed by atoms with Crippen LogP contribution in [0.3, 0.4) is 0 Å². The van der Waals surface area contributed by atoms with Crippen LogP contribution < -0.4 is 4.57 Å². The first kappa shape index (κ1) is 9.00. The summed E-state index contributed by atoms with van der Waals surface area (Å²) in [6.07, 6.45) is 7.27. The molecule has 2 heteroatoms. The first-order chi connectivity index (χ1) is 6.81. The Morgan fingerprint density at radius 1 is 1.29 bits per heavy atom. The van der Waals surface area contributed by atoms with Gasteiger partial charge < -0.3 is 0 Å². The molecule has 14 heavy (non-hydrogen) atoms. The minimum absolute atomic E-state index is 1.07. The molecule has 0 N–H and O–H groups in total. The van der Waals surface area contributed by atoms with Gasteiger partial charge in [-0.3, -0.25) is 0 Å². The fourth-order valence-electron chi connectivity index (χ4n) is 1.65. The van der Waals surface area contributed by atoms with Gasteiger partial charge in [0, 0.05) is 0 Å². The summed E-state index contributed by atoms with van der Waals surface area (Å²) in [7, 11) is 2.03. The highest BCUT2D eigenvalue weighted by Crippen LogP contribution is 2.08. The van der Waals surface area contributed by atoms with Crippen molar-refractivity contribution in [2.75, 3.05) is 0 Å². The lowest BCUT2D eigenvalue weighted by Crippen LogP contribution is -2.28. The number of hydrogen-bond acceptors (Lipinski definition) is 0. The lowest BCUT2D eigenvalue weighted by atomic mass is 10.1. The van der Waals surface area contributed by atoms with Crippen LogP contribution in [0.25, 0.3) is 5.69 Å². The van der Waals surface area contributed by atoms with E-state index in [1.165, 1.54) is 11.3 Å². The van der Waals surface area contributed by atoms with Gasteiger partial charge in [-0.05, 0) is 18.1 Å². The molecule has 0 saturated heterocycles. The van der Waals surface area contributed by atoms with Crippen molar-refractivity contribution in [3.8, 4) is 5.69 Å². The van der Waals surface area contributed by atoms with Gasteiger partial charge in [-0.2, -0.15) is 0 Å². The van der Waals surface area contributed by atoms with E-state index in [0.29, 0.717) is 0 Å². The van der Waals surface area contributed by atoms with Crippen LogP contribution >= 0.6 is 0 Å². The number of nitrogens with zero attached hydrogens (tertiary/aromatic N) is 2. The number of imidazole rings is 1. The van der Waals surface area contributed by atoms with E-state index in [0.717, 1.165) is 6.42 Å². The van der Waals surface area contributed by atoms with Crippen LogP contribution in [-0.4, -0.2) is 4.57 Å². The van der Waals surface area contributed by atoms with Crippen LogP contribution in [-0.2, 0) is 13.5 Å². The quantitative estimate of drug-likeness (QED) is 0.635. The van der Waals surface area contributed by atoms with E-state index in [1.54, 1.807) is 0 Å².